The Balaban J connectivity index is 1.72. The number of ether oxygens (including phenoxy) is 3. The van der Waals surface area contributed by atoms with E-state index in [0.717, 1.165) is 50.3 Å². The van der Waals surface area contributed by atoms with Crippen molar-refractivity contribution in [1.29, 1.82) is 0 Å². The molecule has 0 N–H and O–H groups in total. The van der Waals surface area contributed by atoms with Crippen LogP contribution < -0.4 is 14.2 Å². The molecule has 0 saturated heterocycles. The van der Waals surface area contributed by atoms with E-state index in [1.807, 2.05) is 55.5 Å². The van der Waals surface area contributed by atoms with Crippen molar-refractivity contribution in [3.8, 4) is 17.2 Å². The number of aromatic nitrogens is 2. The summed E-state index contributed by atoms with van der Waals surface area (Å²) in [6.07, 6.45) is 0. The van der Waals surface area contributed by atoms with Crippen LogP contribution in [0, 0.1) is 0 Å². The van der Waals surface area contributed by atoms with Gasteiger partial charge in [-0.2, -0.15) is 0 Å². The molecule has 0 fully saturated rings. The molecule has 0 saturated carbocycles. The highest BCUT2D eigenvalue weighted by Crippen LogP contribution is 2.32. The SMILES string of the molecule is CCOc1ccc2c(c1)nc(SCc1ccccc1OC)n2Cc1ccccc1OC. The number of fused-ring (bicyclic) bond motifs is 1. The van der Waals surface area contributed by atoms with Gasteiger partial charge in [0.2, 0.25) is 0 Å². The van der Waals surface area contributed by atoms with Crippen LogP contribution in [0.15, 0.2) is 71.9 Å². The summed E-state index contributed by atoms with van der Waals surface area (Å²) in [5.41, 5.74) is 4.23. The van der Waals surface area contributed by atoms with Crippen molar-refractivity contribution < 1.29 is 14.2 Å². The van der Waals surface area contributed by atoms with Crippen molar-refractivity contribution in [3.05, 3.63) is 77.9 Å². The lowest BCUT2D eigenvalue weighted by atomic mass is 10.2. The Morgan fingerprint density at radius 3 is 2.26 bits per heavy atom. The molecule has 0 atom stereocenters. The second kappa shape index (κ2) is 9.79. The molecule has 5 nitrogen and oxygen atoms in total. The van der Waals surface area contributed by atoms with Gasteiger partial charge in [-0.1, -0.05) is 48.2 Å². The van der Waals surface area contributed by atoms with Crippen molar-refractivity contribution in [1.82, 2.24) is 9.55 Å². The lowest BCUT2D eigenvalue weighted by Gasteiger charge is -2.13. The molecule has 6 heteroatoms. The van der Waals surface area contributed by atoms with Crippen LogP contribution in [0.5, 0.6) is 17.2 Å². The number of para-hydroxylation sites is 2. The Labute approximate surface area is 187 Å². The van der Waals surface area contributed by atoms with E-state index in [-0.39, 0.29) is 0 Å². The number of hydrogen-bond donors (Lipinski definition) is 0. The van der Waals surface area contributed by atoms with E-state index in [1.54, 1.807) is 26.0 Å². The second-order valence-corrected chi connectivity index (χ2v) is 7.92. The van der Waals surface area contributed by atoms with Crippen LogP contribution in [-0.2, 0) is 12.3 Å². The molecule has 31 heavy (non-hydrogen) atoms. The predicted molar refractivity (Wildman–Crippen MR) is 126 cm³/mol. The van der Waals surface area contributed by atoms with Gasteiger partial charge in [0.25, 0.3) is 0 Å². The summed E-state index contributed by atoms with van der Waals surface area (Å²) in [6.45, 7) is 3.28. The normalized spacial score (nSPS) is 10.9. The Morgan fingerprint density at radius 1 is 0.871 bits per heavy atom. The highest BCUT2D eigenvalue weighted by atomic mass is 32.2. The van der Waals surface area contributed by atoms with E-state index in [0.29, 0.717) is 13.2 Å². The molecule has 4 aromatic rings. The van der Waals surface area contributed by atoms with Crippen molar-refractivity contribution in [2.75, 3.05) is 20.8 Å². The van der Waals surface area contributed by atoms with Gasteiger partial charge >= 0.3 is 0 Å². The van der Waals surface area contributed by atoms with E-state index < -0.39 is 0 Å². The minimum absolute atomic E-state index is 0.628. The molecule has 0 unspecified atom stereocenters. The third-order valence-electron chi connectivity index (χ3n) is 5.07. The van der Waals surface area contributed by atoms with Crippen molar-refractivity contribution in [3.63, 3.8) is 0 Å². The fourth-order valence-corrected chi connectivity index (χ4v) is 4.58. The minimum atomic E-state index is 0.628. The topological polar surface area (TPSA) is 45.5 Å². The maximum Gasteiger partial charge on any atom is 0.169 e. The van der Waals surface area contributed by atoms with E-state index in [4.69, 9.17) is 19.2 Å². The third-order valence-corrected chi connectivity index (χ3v) is 6.09. The van der Waals surface area contributed by atoms with Gasteiger partial charge in [0.1, 0.15) is 17.2 Å². The van der Waals surface area contributed by atoms with E-state index in [2.05, 4.69) is 22.8 Å². The first-order valence-corrected chi connectivity index (χ1v) is 11.2. The summed E-state index contributed by atoms with van der Waals surface area (Å²) in [7, 11) is 3.41. The van der Waals surface area contributed by atoms with Gasteiger partial charge in [0, 0.05) is 22.9 Å². The highest BCUT2D eigenvalue weighted by Gasteiger charge is 2.15. The largest absolute Gasteiger partial charge is 0.496 e. The first-order valence-electron chi connectivity index (χ1n) is 10.2. The molecule has 0 radical (unpaired) electrons. The molecule has 3 aromatic carbocycles. The molecule has 1 heterocycles. The summed E-state index contributed by atoms with van der Waals surface area (Å²) in [5.74, 6) is 3.35. The first kappa shape index (κ1) is 21.1. The molecular formula is C25H26N2O3S. The van der Waals surface area contributed by atoms with Crippen LogP contribution in [0.3, 0.4) is 0 Å². The zero-order valence-corrected chi connectivity index (χ0v) is 18.8. The molecule has 0 amide bonds. The van der Waals surface area contributed by atoms with E-state index in [1.165, 1.54) is 0 Å². The fraction of sp³-hybridized carbons (Fsp3) is 0.240. The Morgan fingerprint density at radius 2 is 1.55 bits per heavy atom. The number of thioether (sulfide) groups is 1. The van der Waals surface area contributed by atoms with Crippen molar-refractivity contribution in [2.24, 2.45) is 0 Å². The van der Waals surface area contributed by atoms with Crippen LogP contribution in [0.2, 0.25) is 0 Å². The van der Waals surface area contributed by atoms with Crippen LogP contribution in [0.25, 0.3) is 11.0 Å². The van der Waals surface area contributed by atoms with Crippen molar-refractivity contribution in [2.45, 2.75) is 24.4 Å². The average Bonchev–Trinajstić information content (AvgIpc) is 3.15. The average molecular weight is 435 g/mol. The molecule has 0 spiro atoms. The lowest BCUT2D eigenvalue weighted by molar-refractivity contribution is 0.340. The molecule has 160 valence electrons. The summed E-state index contributed by atoms with van der Waals surface area (Å²) in [6, 6.07) is 22.3. The van der Waals surface area contributed by atoms with Crippen LogP contribution in [0.1, 0.15) is 18.1 Å². The van der Waals surface area contributed by atoms with Gasteiger partial charge in [-0.25, -0.2) is 4.98 Å². The highest BCUT2D eigenvalue weighted by molar-refractivity contribution is 7.98. The maximum absolute atomic E-state index is 5.68. The molecule has 0 aliphatic carbocycles. The maximum atomic E-state index is 5.68. The summed E-state index contributed by atoms with van der Waals surface area (Å²) < 4.78 is 19.0. The smallest absolute Gasteiger partial charge is 0.169 e. The van der Waals surface area contributed by atoms with Gasteiger partial charge in [-0.15, -0.1) is 0 Å². The first-order chi connectivity index (χ1) is 15.2. The molecule has 0 aliphatic rings. The third kappa shape index (κ3) is 4.64. The van der Waals surface area contributed by atoms with E-state index in [9.17, 15) is 0 Å². The summed E-state index contributed by atoms with van der Waals surface area (Å²) in [5, 5.41) is 0.945. The number of hydrogen-bond acceptors (Lipinski definition) is 5. The van der Waals surface area contributed by atoms with Crippen LogP contribution in [0.4, 0.5) is 0 Å². The van der Waals surface area contributed by atoms with Gasteiger partial charge in [-0.05, 0) is 31.2 Å². The quantitative estimate of drug-likeness (QED) is 0.312. The molecule has 0 bridgehead atoms. The zero-order chi connectivity index (χ0) is 21.6. The summed E-state index contributed by atoms with van der Waals surface area (Å²) >= 11 is 1.70. The van der Waals surface area contributed by atoms with Crippen LogP contribution >= 0.6 is 11.8 Å². The van der Waals surface area contributed by atoms with Gasteiger partial charge in [0.15, 0.2) is 5.16 Å². The van der Waals surface area contributed by atoms with Crippen LogP contribution in [-0.4, -0.2) is 30.4 Å². The molecular weight excluding hydrogens is 408 g/mol. The summed E-state index contributed by atoms with van der Waals surface area (Å²) in [4.78, 5) is 4.94. The zero-order valence-electron chi connectivity index (χ0n) is 18.0. The minimum Gasteiger partial charge on any atom is -0.496 e. The Kier molecular flexibility index (Phi) is 6.67. The number of nitrogens with zero attached hydrogens (tertiary/aromatic N) is 2. The van der Waals surface area contributed by atoms with Gasteiger partial charge in [-0.3, -0.25) is 0 Å². The number of methoxy groups -OCH3 is 2. The Hall–Kier alpha value is -3.12. The molecule has 0 aliphatic heterocycles. The fourth-order valence-electron chi connectivity index (χ4n) is 3.58. The molecule has 4 rings (SSSR count). The second-order valence-electron chi connectivity index (χ2n) is 6.98. The van der Waals surface area contributed by atoms with Gasteiger partial charge < -0.3 is 18.8 Å². The van der Waals surface area contributed by atoms with E-state index >= 15 is 0 Å². The predicted octanol–water partition coefficient (Wildman–Crippen LogP) is 5.79. The standard InChI is InChI=1S/C25H26N2O3S/c1-4-30-20-13-14-22-21(15-20)26-25(31-17-19-10-6-8-12-24(19)29-3)27(22)16-18-9-5-7-11-23(18)28-2/h5-15H,4,16-17H2,1-3H3. The lowest BCUT2D eigenvalue weighted by Crippen LogP contribution is -2.03. The Bertz CT molecular complexity index is 1170. The monoisotopic (exact) mass is 434 g/mol. The number of imidazole rings is 1. The van der Waals surface area contributed by atoms with Crippen molar-refractivity contribution >= 4 is 22.8 Å². The molecule has 1 aromatic heterocycles. The number of rotatable bonds is 9. The number of benzene rings is 3. The van der Waals surface area contributed by atoms with Gasteiger partial charge in [0.05, 0.1) is 38.4 Å².